The van der Waals surface area contributed by atoms with Gasteiger partial charge in [0.25, 0.3) is 0 Å². The largest absolute Gasteiger partial charge is 0.467 e. The van der Waals surface area contributed by atoms with Gasteiger partial charge in [-0.25, -0.2) is 13.6 Å². The molecular formula is C20H21F2NO3. The van der Waals surface area contributed by atoms with Crippen LogP contribution in [0, 0.1) is 11.6 Å². The molecule has 0 spiro atoms. The average molecular weight is 361 g/mol. The number of carbonyl (C=O) groups excluding carboxylic acids is 2. The third-order valence-electron chi connectivity index (χ3n) is 3.97. The molecular weight excluding hydrogens is 340 g/mol. The minimum atomic E-state index is -1.01. The predicted octanol–water partition coefficient (Wildman–Crippen LogP) is 3.19. The summed E-state index contributed by atoms with van der Waals surface area (Å²) < 4.78 is 30.9. The lowest BCUT2D eigenvalue weighted by molar-refractivity contribution is -0.145. The Morgan fingerprint density at radius 2 is 1.77 bits per heavy atom. The Kier molecular flexibility index (Phi) is 7.26. The lowest BCUT2D eigenvalue weighted by Gasteiger charge is -2.16. The van der Waals surface area contributed by atoms with E-state index in [1.165, 1.54) is 13.2 Å². The molecule has 0 aromatic heterocycles. The number of hydrogen-bond acceptors (Lipinski definition) is 3. The number of ether oxygens (including phenoxy) is 1. The van der Waals surface area contributed by atoms with Crippen LogP contribution < -0.4 is 5.32 Å². The number of halogens is 2. The van der Waals surface area contributed by atoms with Crippen LogP contribution in [0.15, 0.2) is 48.5 Å². The van der Waals surface area contributed by atoms with Gasteiger partial charge < -0.3 is 10.1 Å². The van der Waals surface area contributed by atoms with E-state index in [2.05, 4.69) is 5.32 Å². The van der Waals surface area contributed by atoms with Crippen molar-refractivity contribution in [1.29, 1.82) is 0 Å². The van der Waals surface area contributed by atoms with Gasteiger partial charge >= 0.3 is 5.97 Å². The fourth-order valence-electron chi connectivity index (χ4n) is 2.63. The van der Waals surface area contributed by atoms with Gasteiger partial charge in [-0.3, -0.25) is 4.79 Å². The smallest absolute Gasteiger partial charge is 0.328 e. The van der Waals surface area contributed by atoms with Crippen LogP contribution in [0.5, 0.6) is 0 Å². The van der Waals surface area contributed by atoms with Crippen LogP contribution in [0.3, 0.4) is 0 Å². The molecule has 0 bridgehead atoms. The first-order valence-corrected chi connectivity index (χ1v) is 8.34. The highest BCUT2D eigenvalue weighted by atomic mass is 19.2. The Balaban J connectivity index is 1.90. The van der Waals surface area contributed by atoms with Gasteiger partial charge in [-0.1, -0.05) is 36.4 Å². The van der Waals surface area contributed by atoms with Crippen molar-refractivity contribution in [2.24, 2.45) is 0 Å². The molecule has 0 saturated heterocycles. The molecule has 0 saturated carbocycles. The molecule has 26 heavy (non-hydrogen) atoms. The quantitative estimate of drug-likeness (QED) is 0.735. The summed E-state index contributed by atoms with van der Waals surface area (Å²) in [5.74, 6) is -2.96. The molecule has 0 radical (unpaired) electrons. The fraction of sp³-hybridized carbons (Fsp3) is 0.300. The van der Waals surface area contributed by atoms with E-state index >= 15 is 0 Å². The van der Waals surface area contributed by atoms with Crippen molar-refractivity contribution in [3.63, 3.8) is 0 Å². The second kappa shape index (κ2) is 9.65. The number of aryl methyl sites for hydroxylation is 1. The minimum Gasteiger partial charge on any atom is -0.467 e. The molecule has 2 rings (SSSR count). The molecule has 138 valence electrons. The van der Waals surface area contributed by atoms with E-state index in [4.69, 9.17) is 4.74 Å². The topological polar surface area (TPSA) is 55.4 Å². The number of rotatable bonds is 8. The minimum absolute atomic E-state index is 0.149. The summed E-state index contributed by atoms with van der Waals surface area (Å²) in [5.41, 5.74) is 1.47. The summed E-state index contributed by atoms with van der Waals surface area (Å²) in [6, 6.07) is 12.3. The first-order valence-electron chi connectivity index (χ1n) is 8.34. The lowest BCUT2D eigenvalue weighted by atomic mass is 10.0. The van der Waals surface area contributed by atoms with Crippen molar-refractivity contribution >= 4 is 11.9 Å². The zero-order valence-electron chi connectivity index (χ0n) is 14.5. The molecule has 2 aromatic rings. The van der Waals surface area contributed by atoms with Gasteiger partial charge in [0.05, 0.1) is 13.5 Å². The number of benzene rings is 2. The van der Waals surface area contributed by atoms with Crippen LogP contribution >= 0.6 is 0 Å². The number of nitrogens with one attached hydrogen (secondary N) is 1. The fourth-order valence-corrected chi connectivity index (χ4v) is 2.63. The summed E-state index contributed by atoms with van der Waals surface area (Å²) in [5, 5.41) is 2.61. The molecule has 4 nitrogen and oxygen atoms in total. The SMILES string of the molecule is COC(=O)[C@@H](CCCc1ccccc1)NC(=O)Cc1ccc(F)c(F)c1. The molecule has 0 unspecified atom stereocenters. The van der Waals surface area contributed by atoms with Crippen LogP contribution in [0.1, 0.15) is 24.0 Å². The third-order valence-corrected chi connectivity index (χ3v) is 3.97. The highest BCUT2D eigenvalue weighted by Gasteiger charge is 2.21. The molecule has 0 heterocycles. The Bertz CT molecular complexity index is 750. The van der Waals surface area contributed by atoms with Crippen LogP contribution in [0.25, 0.3) is 0 Å². The van der Waals surface area contributed by atoms with Crippen molar-refractivity contribution in [1.82, 2.24) is 5.32 Å². The standard InChI is InChI=1S/C20H21F2NO3/c1-26-20(25)18(9-5-8-14-6-3-2-4-7-14)23-19(24)13-15-10-11-16(21)17(22)12-15/h2-4,6-7,10-12,18H,5,8-9,13H2,1H3,(H,23,24)/t18-/m1/s1. The van der Waals surface area contributed by atoms with Crippen molar-refractivity contribution in [2.75, 3.05) is 7.11 Å². The highest BCUT2D eigenvalue weighted by Crippen LogP contribution is 2.11. The van der Waals surface area contributed by atoms with E-state index < -0.39 is 29.6 Å². The summed E-state index contributed by atoms with van der Waals surface area (Å²) in [4.78, 5) is 24.0. The van der Waals surface area contributed by atoms with E-state index in [-0.39, 0.29) is 6.42 Å². The van der Waals surface area contributed by atoms with Gasteiger partial charge in [-0.05, 0) is 42.5 Å². The maximum Gasteiger partial charge on any atom is 0.328 e. The maximum absolute atomic E-state index is 13.2. The second-order valence-electron chi connectivity index (χ2n) is 5.95. The van der Waals surface area contributed by atoms with Gasteiger partial charge in [-0.2, -0.15) is 0 Å². The Morgan fingerprint density at radius 1 is 1.04 bits per heavy atom. The molecule has 2 aromatic carbocycles. The predicted molar refractivity (Wildman–Crippen MR) is 93.4 cm³/mol. The first kappa shape index (κ1) is 19.6. The summed E-state index contributed by atoms with van der Waals surface area (Å²) >= 11 is 0. The molecule has 0 fully saturated rings. The molecule has 0 aliphatic heterocycles. The molecule has 1 N–H and O–H groups in total. The third kappa shape index (κ3) is 5.95. The van der Waals surface area contributed by atoms with Crippen molar-refractivity contribution < 1.29 is 23.1 Å². The summed E-state index contributed by atoms with van der Waals surface area (Å²) in [7, 11) is 1.26. The van der Waals surface area contributed by atoms with E-state index in [0.29, 0.717) is 18.4 Å². The van der Waals surface area contributed by atoms with E-state index in [0.717, 1.165) is 24.1 Å². The van der Waals surface area contributed by atoms with E-state index in [1.807, 2.05) is 30.3 Å². The van der Waals surface area contributed by atoms with Gasteiger partial charge in [0.1, 0.15) is 6.04 Å². The van der Waals surface area contributed by atoms with E-state index in [1.54, 1.807) is 0 Å². The molecule has 6 heteroatoms. The summed E-state index contributed by atoms with van der Waals surface area (Å²) in [6.45, 7) is 0. The van der Waals surface area contributed by atoms with Gasteiger partial charge in [-0.15, -0.1) is 0 Å². The van der Waals surface area contributed by atoms with Crippen molar-refractivity contribution in [3.8, 4) is 0 Å². The van der Waals surface area contributed by atoms with Crippen LogP contribution in [0.2, 0.25) is 0 Å². The molecule has 0 aliphatic carbocycles. The normalized spacial score (nSPS) is 11.7. The Morgan fingerprint density at radius 3 is 2.42 bits per heavy atom. The first-order chi connectivity index (χ1) is 12.5. The Labute approximate surface area is 151 Å². The number of esters is 1. The van der Waals surface area contributed by atoms with E-state index in [9.17, 15) is 18.4 Å². The monoisotopic (exact) mass is 361 g/mol. The zero-order valence-corrected chi connectivity index (χ0v) is 14.5. The Hall–Kier alpha value is -2.76. The van der Waals surface area contributed by atoms with Gasteiger partial charge in [0.2, 0.25) is 5.91 Å². The van der Waals surface area contributed by atoms with Crippen LogP contribution in [-0.2, 0) is 27.2 Å². The second-order valence-corrected chi connectivity index (χ2v) is 5.95. The highest BCUT2D eigenvalue weighted by molar-refractivity contribution is 5.85. The average Bonchev–Trinajstić information content (AvgIpc) is 2.64. The zero-order chi connectivity index (χ0) is 18.9. The number of amides is 1. The number of methoxy groups -OCH3 is 1. The van der Waals surface area contributed by atoms with Gasteiger partial charge in [0, 0.05) is 0 Å². The van der Waals surface area contributed by atoms with Crippen LogP contribution in [0.4, 0.5) is 8.78 Å². The number of hydrogen-bond donors (Lipinski definition) is 1. The van der Waals surface area contributed by atoms with Crippen LogP contribution in [-0.4, -0.2) is 25.0 Å². The van der Waals surface area contributed by atoms with Gasteiger partial charge in [0.15, 0.2) is 11.6 Å². The molecule has 1 atom stereocenters. The van der Waals surface area contributed by atoms with Crippen molar-refractivity contribution in [3.05, 3.63) is 71.3 Å². The lowest BCUT2D eigenvalue weighted by Crippen LogP contribution is -2.42. The molecule has 0 aliphatic rings. The van der Waals surface area contributed by atoms with Crippen molar-refractivity contribution in [2.45, 2.75) is 31.7 Å². The molecule has 1 amide bonds. The summed E-state index contributed by atoms with van der Waals surface area (Å²) in [6.07, 6.45) is 1.73. The number of carbonyl (C=O) groups is 2. The maximum atomic E-state index is 13.2.